The molecule has 124 valence electrons. The number of nitrogens with zero attached hydrogens (tertiary/aromatic N) is 3. The molecule has 3 heterocycles. The number of halogens is 1. The van der Waals surface area contributed by atoms with Crippen LogP contribution in [0.15, 0.2) is 33.8 Å². The zero-order valence-corrected chi connectivity index (χ0v) is 15.2. The van der Waals surface area contributed by atoms with E-state index < -0.39 is 12.0 Å². The highest BCUT2D eigenvalue weighted by molar-refractivity contribution is 9.11. The van der Waals surface area contributed by atoms with E-state index in [-0.39, 0.29) is 11.3 Å². The van der Waals surface area contributed by atoms with Gasteiger partial charge in [-0.2, -0.15) is 0 Å². The van der Waals surface area contributed by atoms with Crippen LogP contribution in [0.25, 0.3) is 5.65 Å². The second-order valence-electron chi connectivity index (χ2n) is 5.10. The highest BCUT2D eigenvalue weighted by Crippen LogP contribution is 2.34. The number of nitrogens with one attached hydrogen (secondary N) is 1. The Bertz CT molecular complexity index is 949. The summed E-state index contributed by atoms with van der Waals surface area (Å²) in [6.07, 6.45) is 5.31. The molecule has 0 bridgehead atoms. The molecule has 0 radical (unpaired) electrons. The number of aromatic carboxylic acids is 1. The van der Waals surface area contributed by atoms with Crippen molar-refractivity contribution >= 4 is 56.3 Å². The smallest absolute Gasteiger partial charge is 0.338 e. The number of aryl methyl sites for hydroxylation is 1. The number of imidazole rings is 1. The number of amides is 2. The van der Waals surface area contributed by atoms with Crippen molar-refractivity contribution in [2.45, 2.75) is 6.92 Å². The predicted molar refractivity (Wildman–Crippen MR) is 96.3 cm³/mol. The summed E-state index contributed by atoms with van der Waals surface area (Å²) in [5, 5.41) is 13.3. The van der Waals surface area contributed by atoms with Crippen molar-refractivity contribution in [3.8, 4) is 0 Å². The van der Waals surface area contributed by atoms with Crippen LogP contribution >= 0.6 is 27.3 Å². The second kappa shape index (κ2) is 6.25. The number of carboxylic acid groups (broad SMARTS) is 1. The number of aromatic nitrogens is 2. The minimum absolute atomic E-state index is 0.0457. The molecule has 2 amide bonds. The second-order valence-corrected chi connectivity index (χ2v) is 7.30. The van der Waals surface area contributed by atoms with Crippen LogP contribution in [0.1, 0.15) is 15.9 Å². The van der Waals surface area contributed by atoms with Gasteiger partial charge in [-0.05, 0) is 34.5 Å². The molecule has 0 fully saturated rings. The summed E-state index contributed by atoms with van der Waals surface area (Å²) in [4.78, 5) is 29.6. The lowest BCUT2D eigenvalue weighted by atomic mass is 10.2. The van der Waals surface area contributed by atoms with Crippen molar-refractivity contribution in [2.75, 3.05) is 17.3 Å². The maximum Gasteiger partial charge on any atom is 0.338 e. The number of rotatable bonds is 3. The summed E-state index contributed by atoms with van der Waals surface area (Å²) in [6, 6.07) is 1.44. The first-order chi connectivity index (χ1) is 11.4. The zero-order chi connectivity index (χ0) is 17.4. The standard InChI is InChI=1S/C15H13BrN4O3S/c1-8-3-5-20-6-4-17-13(20)11(8)19(2)15(23)18-10-9(14(21)22)7-24-12(10)16/h3-7H,1-2H3,(H,18,23)(H,21,22). The van der Waals surface area contributed by atoms with E-state index >= 15 is 0 Å². The zero-order valence-electron chi connectivity index (χ0n) is 12.8. The van der Waals surface area contributed by atoms with Crippen LogP contribution < -0.4 is 10.2 Å². The number of carbonyl (C=O) groups excluding carboxylic acids is 1. The van der Waals surface area contributed by atoms with Gasteiger partial charge in [0, 0.05) is 31.0 Å². The molecule has 0 aliphatic carbocycles. The Kier molecular flexibility index (Phi) is 4.29. The number of anilines is 2. The molecule has 0 saturated carbocycles. The molecule has 24 heavy (non-hydrogen) atoms. The van der Waals surface area contributed by atoms with E-state index in [2.05, 4.69) is 26.2 Å². The minimum atomic E-state index is -1.10. The lowest BCUT2D eigenvalue weighted by Crippen LogP contribution is -2.32. The molecule has 7 nitrogen and oxygen atoms in total. The van der Waals surface area contributed by atoms with Gasteiger partial charge < -0.3 is 14.8 Å². The van der Waals surface area contributed by atoms with E-state index in [4.69, 9.17) is 0 Å². The van der Waals surface area contributed by atoms with E-state index in [1.54, 1.807) is 19.4 Å². The first-order valence-corrected chi connectivity index (χ1v) is 8.54. The number of hydrogen-bond acceptors (Lipinski definition) is 4. The summed E-state index contributed by atoms with van der Waals surface area (Å²) in [5.74, 6) is -1.10. The van der Waals surface area contributed by atoms with Crippen molar-refractivity contribution < 1.29 is 14.7 Å². The maximum atomic E-state index is 12.6. The molecule has 0 saturated heterocycles. The van der Waals surface area contributed by atoms with Crippen LogP contribution in [0.5, 0.6) is 0 Å². The van der Waals surface area contributed by atoms with Crippen LogP contribution in [0, 0.1) is 6.92 Å². The van der Waals surface area contributed by atoms with Gasteiger partial charge in [-0.25, -0.2) is 14.6 Å². The highest BCUT2D eigenvalue weighted by Gasteiger charge is 2.22. The normalized spacial score (nSPS) is 10.8. The Morgan fingerprint density at radius 2 is 2.17 bits per heavy atom. The molecule has 3 aromatic rings. The Hall–Kier alpha value is -2.39. The molecule has 0 spiro atoms. The number of carboxylic acids is 1. The molecule has 0 unspecified atom stereocenters. The summed E-state index contributed by atoms with van der Waals surface area (Å²) < 4.78 is 2.37. The number of thiophene rings is 1. The van der Waals surface area contributed by atoms with E-state index in [9.17, 15) is 14.7 Å². The van der Waals surface area contributed by atoms with Crippen LogP contribution in [0.2, 0.25) is 0 Å². The van der Waals surface area contributed by atoms with Crippen LogP contribution in [-0.4, -0.2) is 33.5 Å². The molecule has 0 aliphatic rings. The van der Waals surface area contributed by atoms with Crippen LogP contribution in [0.3, 0.4) is 0 Å². The Balaban J connectivity index is 1.96. The topological polar surface area (TPSA) is 86.9 Å². The first kappa shape index (κ1) is 16.5. The van der Waals surface area contributed by atoms with Gasteiger partial charge in [0.25, 0.3) is 0 Å². The van der Waals surface area contributed by atoms with E-state index in [0.717, 1.165) is 5.56 Å². The molecular weight excluding hydrogens is 396 g/mol. The average Bonchev–Trinajstić information content (AvgIpc) is 3.14. The van der Waals surface area contributed by atoms with Gasteiger partial charge in [0.05, 0.1) is 20.7 Å². The third kappa shape index (κ3) is 2.76. The van der Waals surface area contributed by atoms with Crippen molar-refractivity contribution in [1.29, 1.82) is 0 Å². The average molecular weight is 409 g/mol. The Morgan fingerprint density at radius 3 is 2.88 bits per heavy atom. The van der Waals surface area contributed by atoms with Gasteiger partial charge in [-0.1, -0.05) is 0 Å². The highest BCUT2D eigenvalue weighted by atomic mass is 79.9. The molecular formula is C15H13BrN4O3S. The van der Waals surface area contributed by atoms with Crippen molar-refractivity contribution in [2.24, 2.45) is 0 Å². The van der Waals surface area contributed by atoms with Crippen LogP contribution in [0.4, 0.5) is 16.2 Å². The van der Waals surface area contributed by atoms with E-state index in [0.29, 0.717) is 15.1 Å². The molecule has 3 rings (SSSR count). The fourth-order valence-electron chi connectivity index (χ4n) is 2.38. The third-order valence-electron chi connectivity index (χ3n) is 3.59. The summed E-state index contributed by atoms with van der Waals surface area (Å²) >= 11 is 4.47. The lowest BCUT2D eigenvalue weighted by molar-refractivity contribution is 0.0698. The van der Waals surface area contributed by atoms with Gasteiger partial charge in [0.2, 0.25) is 0 Å². The lowest BCUT2D eigenvalue weighted by Gasteiger charge is -2.21. The largest absolute Gasteiger partial charge is 0.478 e. The maximum absolute atomic E-state index is 12.6. The van der Waals surface area contributed by atoms with Gasteiger partial charge in [-0.3, -0.25) is 4.90 Å². The monoisotopic (exact) mass is 408 g/mol. The fourth-order valence-corrected chi connectivity index (χ4v) is 3.69. The number of pyridine rings is 1. The van der Waals surface area contributed by atoms with Crippen LogP contribution in [-0.2, 0) is 0 Å². The molecule has 2 N–H and O–H groups in total. The molecule has 3 aromatic heterocycles. The van der Waals surface area contributed by atoms with Crippen molar-refractivity contribution in [3.05, 3.63) is 45.0 Å². The third-order valence-corrected chi connectivity index (χ3v) is 5.31. The van der Waals surface area contributed by atoms with E-state index in [1.165, 1.54) is 21.6 Å². The summed E-state index contributed by atoms with van der Waals surface area (Å²) in [5.41, 5.74) is 2.48. The van der Waals surface area contributed by atoms with Gasteiger partial charge in [0.15, 0.2) is 5.65 Å². The number of hydrogen-bond donors (Lipinski definition) is 2. The molecule has 0 aromatic carbocycles. The number of urea groups is 1. The molecule has 0 aliphatic heterocycles. The first-order valence-electron chi connectivity index (χ1n) is 6.87. The van der Waals surface area contributed by atoms with E-state index in [1.807, 2.05) is 23.6 Å². The summed E-state index contributed by atoms with van der Waals surface area (Å²) in [7, 11) is 1.62. The molecule has 0 atom stereocenters. The van der Waals surface area contributed by atoms with Gasteiger partial charge >= 0.3 is 12.0 Å². The van der Waals surface area contributed by atoms with Crippen molar-refractivity contribution in [1.82, 2.24) is 9.38 Å². The minimum Gasteiger partial charge on any atom is -0.478 e. The van der Waals surface area contributed by atoms with Gasteiger partial charge in [-0.15, -0.1) is 11.3 Å². The summed E-state index contributed by atoms with van der Waals surface area (Å²) in [6.45, 7) is 1.89. The Labute approximate surface area is 149 Å². The Morgan fingerprint density at radius 1 is 1.42 bits per heavy atom. The number of fused-ring (bicyclic) bond motifs is 1. The van der Waals surface area contributed by atoms with Crippen molar-refractivity contribution in [3.63, 3.8) is 0 Å². The fraction of sp³-hybridized carbons (Fsp3) is 0.133. The molecule has 9 heteroatoms. The quantitative estimate of drug-likeness (QED) is 0.689. The SMILES string of the molecule is Cc1ccn2ccnc2c1N(C)C(=O)Nc1c(C(=O)O)csc1Br. The predicted octanol–water partition coefficient (Wildman–Crippen LogP) is 3.83. The number of carbonyl (C=O) groups is 2. The van der Waals surface area contributed by atoms with Gasteiger partial charge in [0.1, 0.15) is 0 Å².